The number of aryl methyl sites for hydroxylation is 1. The highest BCUT2D eigenvalue weighted by Crippen LogP contribution is 2.07. The maximum absolute atomic E-state index is 11.8. The summed E-state index contributed by atoms with van der Waals surface area (Å²) in [4.78, 5) is 27.2. The van der Waals surface area contributed by atoms with Crippen LogP contribution < -0.4 is 16.6 Å². The molecule has 18 heavy (non-hydrogen) atoms. The largest absolute Gasteiger partial charge is 0.397 e. The second kappa shape index (κ2) is 4.70. The van der Waals surface area contributed by atoms with Crippen LogP contribution in [0.1, 0.15) is 10.4 Å². The van der Waals surface area contributed by atoms with Crippen LogP contribution >= 0.6 is 0 Å². The maximum atomic E-state index is 11.8. The molecule has 0 atom stereocenters. The van der Waals surface area contributed by atoms with Gasteiger partial charge >= 0.3 is 0 Å². The van der Waals surface area contributed by atoms with Gasteiger partial charge in [-0.05, 0) is 18.2 Å². The van der Waals surface area contributed by atoms with Crippen molar-refractivity contribution in [3.8, 4) is 0 Å². The summed E-state index contributed by atoms with van der Waals surface area (Å²) in [6.45, 7) is 0. The molecule has 0 aliphatic heterocycles. The van der Waals surface area contributed by atoms with Gasteiger partial charge in [0.2, 0.25) is 0 Å². The van der Waals surface area contributed by atoms with Gasteiger partial charge in [-0.3, -0.25) is 9.59 Å². The molecule has 0 aliphatic carbocycles. The molecule has 2 aromatic heterocycles. The van der Waals surface area contributed by atoms with E-state index in [2.05, 4.69) is 10.3 Å². The fraction of sp³-hybridized carbons (Fsp3) is 0.0833. The van der Waals surface area contributed by atoms with Gasteiger partial charge in [0.05, 0.1) is 11.9 Å². The molecule has 0 aliphatic rings. The van der Waals surface area contributed by atoms with Crippen LogP contribution in [-0.2, 0) is 7.05 Å². The summed E-state index contributed by atoms with van der Waals surface area (Å²) in [7, 11) is 1.62. The predicted octanol–water partition coefficient (Wildman–Crippen LogP) is 0.615. The number of pyridine rings is 2. The molecular weight excluding hydrogens is 232 g/mol. The van der Waals surface area contributed by atoms with Gasteiger partial charge in [0.1, 0.15) is 5.82 Å². The van der Waals surface area contributed by atoms with Crippen molar-refractivity contribution in [1.29, 1.82) is 0 Å². The number of nitrogens with one attached hydrogen (secondary N) is 1. The number of nitrogens with two attached hydrogens (primary N) is 1. The van der Waals surface area contributed by atoms with Crippen molar-refractivity contribution in [2.75, 3.05) is 11.1 Å². The summed E-state index contributed by atoms with van der Waals surface area (Å²) in [5.41, 5.74) is 6.05. The van der Waals surface area contributed by atoms with Gasteiger partial charge in [-0.1, -0.05) is 0 Å². The summed E-state index contributed by atoms with van der Waals surface area (Å²) in [6.07, 6.45) is 2.98. The van der Waals surface area contributed by atoms with E-state index in [1.807, 2.05) is 0 Å². The maximum Gasteiger partial charge on any atom is 0.257 e. The monoisotopic (exact) mass is 244 g/mol. The second-order valence-electron chi connectivity index (χ2n) is 3.80. The molecule has 92 valence electrons. The van der Waals surface area contributed by atoms with E-state index in [9.17, 15) is 9.59 Å². The lowest BCUT2D eigenvalue weighted by molar-refractivity contribution is 0.102. The number of hydrogen-bond donors (Lipinski definition) is 2. The Hall–Kier alpha value is -2.63. The molecule has 0 aromatic carbocycles. The van der Waals surface area contributed by atoms with Crippen molar-refractivity contribution < 1.29 is 4.79 Å². The highest BCUT2D eigenvalue weighted by Gasteiger charge is 2.07. The van der Waals surface area contributed by atoms with E-state index >= 15 is 0 Å². The lowest BCUT2D eigenvalue weighted by atomic mass is 10.2. The van der Waals surface area contributed by atoms with Crippen LogP contribution in [0.2, 0.25) is 0 Å². The molecule has 6 heteroatoms. The van der Waals surface area contributed by atoms with Gasteiger partial charge in [0.15, 0.2) is 0 Å². The molecule has 0 spiro atoms. The minimum absolute atomic E-state index is 0.243. The second-order valence-corrected chi connectivity index (χ2v) is 3.80. The summed E-state index contributed by atoms with van der Waals surface area (Å²) in [6, 6.07) is 6.06. The van der Waals surface area contributed by atoms with Crippen molar-refractivity contribution in [1.82, 2.24) is 9.55 Å². The number of amides is 1. The molecule has 0 bridgehead atoms. The molecule has 2 rings (SSSR count). The fourth-order valence-corrected chi connectivity index (χ4v) is 1.36. The minimum Gasteiger partial charge on any atom is -0.397 e. The van der Waals surface area contributed by atoms with Crippen LogP contribution in [0.15, 0.2) is 41.5 Å². The van der Waals surface area contributed by atoms with Crippen LogP contribution in [0, 0.1) is 0 Å². The Morgan fingerprint density at radius 1 is 1.39 bits per heavy atom. The SMILES string of the molecule is Cn1ccc(C(=O)Nc2ccc(N)cn2)cc1=O. The third-order valence-corrected chi connectivity index (χ3v) is 2.39. The van der Waals surface area contributed by atoms with Crippen molar-refractivity contribution in [2.24, 2.45) is 7.05 Å². The molecule has 2 aromatic rings. The summed E-state index contributed by atoms with van der Waals surface area (Å²) in [5.74, 6) is -0.000140. The Balaban J connectivity index is 2.19. The quantitative estimate of drug-likeness (QED) is 0.810. The first kappa shape index (κ1) is 11.8. The van der Waals surface area contributed by atoms with E-state index in [1.165, 1.54) is 23.0 Å². The first-order chi connectivity index (χ1) is 8.56. The third-order valence-electron chi connectivity index (χ3n) is 2.39. The zero-order valence-electron chi connectivity index (χ0n) is 9.75. The molecule has 0 fully saturated rings. The highest BCUT2D eigenvalue weighted by molar-refractivity contribution is 6.03. The van der Waals surface area contributed by atoms with E-state index in [4.69, 9.17) is 5.73 Å². The lowest BCUT2D eigenvalue weighted by Gasteiger charge is -2.05. The minimum atomic E-state index is -0.384. The number of hydrogen-bond acceptors (Lipinski definition) is 4. The standard InChI is InChI=1S/C12H12N4O2/c1-16-5-4-8(6-11(16)17)12(18)15-10-3-2-9(13)7-14-10/h2-7H,13H2,1H3,(H,14,15,18). The van der Waals surface area contributed by atoms with E-state index in [1.54, 1.807) is 25.2 Å². The van der Waals surface area contributed by atoms with Gasteiger partial charge in [-0.2, -0.15) is 0 Å². The fourth-order valence-electron chi connectivity index (χ4n) is 1.36. The van der Waals surface area contributed by atoms with E-state index < -0.39 is 0 Å². The Morgan fingerprint density at radius 3 is 2.78 bits per heavy atom. The summed E-state index contributed by atoms with van der Waals surface area (Å²) in [5, 5.41) is 2.58. The zero-order valence-corrected chi connectivity index (χ0v) is 9.75. The van der Waals surface area contributed by atoms with E-state index in [0.29, 0.717) is 11.5 Å². The van der Waals surface area contributed by atoms with Gasteiger partial charge in [-0.25, -0.2) is 4.98 Å². The average molecular weight is 244 g/mol. The first-order valence-electron chi connectivity index (χ1n) is 5.26. The van der Waals surface area contributed by atoms with Gasteiger partial charge in [0, 0.05) is 24.9 Å². The molecule has 1 amide bonds. The number of anilines is 2. The Morgan fingerprint density at radius 2 is 2.17 bits per heavy atom. The molecule has 3 N–H and O–H groups in total. The van der Waals surface area contributed by atoms with E-state index in [0.717, 1.165) is 0 Å². The smallest absolute Gasteiger partial charge is 0.257 e. The average Bonchev–Trinajstić information content (AvgIpc) is 2.35. The topological polar surface area (TPSA) is 90.0 Å². The molecule has 6 nitrogen and oxygen atoms in total. The van der Waals surface area contributed by atoms with Crippen LogP contribution in [0.5, 0.6) is 0 Å². The first-order valence-corrected chi connectivity index (χ1v) is 5.26. The molecular formula is C12H12N4O2. The zero-order chi connectivity index (χ0) is 13.1. The van der Waals surface area contributed by atoms with Crippen molar-refractivity contribution in [3.63, 3.8) is 0 Å². The summed E-state index contributed by atoms with van der Waals surface area (Å²) >= 11 is 0. The number of nitrogens with zero attached hydrogens (tertiary/aromatic N) is 2. The van der Waals surface area contributed by atoms with Crippen molar-refractivity contribution in [2.45, 2.75) is 0 Å². The molecule has 0 saturated carbocycles. The number of aromatic nitrogens is 2. The molecule has 0 unspecified atom stereocenters. The number of rotatable bonds is 2. The van der Waals surface area contributed by atoms with Crippen molar-refractivity contribution in [3.05, 3.63) is 52.6 Å². The number of nitrogen functional groups attached to an aromatic ring is 1. The van der Waals surface area contributed by atoms with Gasteiger partial charge in [-0.15, -0.1) is 0 Å². The Kier molecular flexibility index (Phi) is 3.09. The van der Waals surface area contributed by atoms with Crippen LogP contribution in [0.3, 0.4) is 0 Å². The van der Waals surface area contributed by atoms with Crippen molar-refractivity contribution >= 4 is 17.4 Å². The van der Waals surface area contributed by atoms with Crippen LogP contribution in [0.4, 0.5) is 11.5 Å². The number of carbonyl (C=O) groups is 1. The Labute approximate surface area is 103 Å². The van der Waals surface area contributed by atoms with Gasteiger partial charge in [0.25, 0.3) is 11.5 Å². The van der Waals surface area contributed by atoms with Crippen LogP contribution in [-0.4, -0.2) is 15.5 Å². The molecule has 2 heterocycles. The molecule has 0 radical (unpaired) electrons. The third kappa shape index (κ3) is 2.54. The van der Waals surface area contributed by atoms with Crippen LogP contribution in [0.25, 0.3) is 0 Å². The highest BCUT2D eigenvalue weighted by atomic mass is 16.2. The van der Waals surface area contributed by atoms with E-state index in [-0.39, 0.29) is 17.0 Å². The lowest BCUT2D eigenvalue weighted by Crippen LogP contribution is -2.20. The normalized spacial score (nSPS) is 10.1. The predicted molar refractivity (Wildman–Crippen MR) is 68.3 cm³/mol. The number of carbonyl (C=O) groups excluding carboxylic acids is 1. The molecule has 0 saturated heterocycles. The Bertz CT molecular complexity index is 631. The van der Waals surface area contributed by atoms with Gasteiger partial charge < -0.3 is 15.6 Å². The summed E-state index contributed by atoms with van der Waals surface area (Å²) < 4.78 is 1.39.